The first-order valence-corrected chi connectivity index (χ1v) is 7.67. The van der Waals surface area contributed by atoms with Gasteiger partial charge in [0.2, 0.25) is 0 Å². The highest BCUT2D eigenvalue weighted by atomic mass is 32.1. The van der Waals surface area contributed by atoms with E-state index in [1.165, 1.54) is 10.4 Å². The molecule has 0 amide bonds. The zero-order chi connectivity index (χ0) is 15.0. The highest BCUT2D eigenvalue weighted by Crippen LogP contribution is 2.36. The van der Waals surface area contributed by atoms with Crippen molar-refractivity contribution >= 4 is 33.1 Å². The summed E-state index contributed by atoms with van der Waals surface area (Å²) >= 11 is 1.72. The van der Waals surface area contributed by atoms with Crippen molar-refractivity contribution < 1.29 is 0 Å². The summed E-state index contributed by atoms with van der Waals surface area (Å²) < 4.78 is 0. The fraction of sp³-hybridized carbons (Fsp3) is 0.250. The van der Waals surface area contributed by atoms with Gasteiger partial charge in [-0.1, -0.05) is 12.1 Å². The van der Waals surface area contributed by atoms with E-state index in [1.54, 1.807) is 17.7 Å². The SMILES string of the molecule is Cc1sc2ncnc(N(C)c3ccc(CN)cc3)c2c1C. The Hall–Kier alpha value is -1.98. The number of aromatic nitrogens is 2. The van der Waals surface area contributed by atoms with E-state index in [9.17, 15) is 0 Å². The summed E-state index contributed by atoms with van der Waals surface area (Å²) in [6.45, 7) is 4.82. The Bertz CT molecular complexity index is 777. The van der Waals surface area contributed by atoms with Gasteiger partial charge in [0.05, 0.1) is 5.39 Å². The third-order valence-electron chi connectivity index (χ3n) is 3.82. The van der Waals surface area contributed by atoms with Crippen LogP contribution in [0.1, 0.15) is 16.0 Å². The van der Waals surface area contributed by atoms with Crippen molar-refractivity contribution in [2.75, 3.05) is 11.9 Å². The molecule has 4 nitrogen and oxygen atoms in total. The minimum atomic E-state index is 0.560. The van der Waals surface area contributed by atoms with E-state index in [2.05, 4.69) is 53.0 Å². The van der Waals surface area contributed by atoms with E-state index in [-0.39, 0.29) is 0 Å². The number of rotatable bonds is 3. The van der Waals surface area contributed by atoms with Crippen LogP contribution in [0.25, 0.3) is 10.2 Å². The van der Waals surface area contributed by atoms with Crippen molar-refractivity contribution in [2.45, 2.75) is 20.4 Å². The lowest BCUT2D eigenvalue weighted by Crippen LogP contribution is -2.12. The molecule has 0 bridgehead atoms. The monoisotopic (exact) mass is 298 g/mol. The molecule has 5 heteroatoms. The van der Waals surface area contributed by atoms with Crippen molar-refractivity contribution in [3.63, 3.8) is 0 Å². The van der Waals surface area contributed by atoms with E-state index < -0.39 is 0 Å². The van der Waals surface area contributed by atoms with Crippen LogP contribution in [0.4, 0.5) is 11.5 Å². The molecule has 3 rings (SSSR count). The molecule has 0 saturated carbocycles. The fourth-order valence-corrected chi connectivity index (χ4v) is 3.39. The number of nitrogens with two attached hydrogens (primary N) is 1. The molecule has 2 N–H and O–H groups in total. The molecule has 1 aromatic carbocycles. The number of aryl methyl sites for hydroxylation is 2. The Morgan fingerprint density at radius 2 is 1.86 bits per heavy atom. The van der Waals surface area contributed by atoms with Gasteiger partial charge in [0.1, 0.15) is 17.0 Å². The molecule has 0 aliphatic carbocycles. The molecule has 0 atom stereocenters. The summed E-state index contributed by atoms with van der Waals surface area (Å²) in [5.74, 6) is 0.947. The average molecular weight is 298 g/mol. The molecule has 21 heavy (non-hydrogen) atoms. The topological polar surface area (TPSA) is 55.0 Å². The average Bonchev–Trinajstić information content (AvgIpc) is 2.81. The second-order valence-corrected chi connectivity index (χ2v) is 6.29. The normalized spacial score (nSPS) is 11.0. The summed E-state index contributed by atoms with van der Waals surface area (Å²) in [5.41, 5.74) is 9.13. The molecule has 0 aliphatic rings. The highest BCUT2D eigenvalue weighted by molar-refractivity contribution is 7.18. The van der Waals surface area contributed by atoms with E-state index in [1.807, 2.05) is 7.05 Å². The van der Waals surface area contributed by atoms with E-state index in [4.69, 9.17) is 5.73 Å². The summed E-state index contributed by atoms with van der Waals surface area (Å²) in [6, 6.07) is 8.25. The van der Waals surface area contributed by atoms with Crippen molar-refractivity contribution in [3.05, 3.63) is 46.6 Å². The molecular weight excluding hydrogens is 280 g/mol. The lowest BCUT2D eigenvalue weighted by Gasteiger charge is -2.19. The van der Waals surface area contributed by atoms with Gasteiger partial charge in [-0.2, -0.15) is 0 Å². The maximum atomic E-state index is 5.65. The van der Waals surface area contributed by atoms with Crippen molar-refractivity contribution in [1.29, 1.82) is 0 Å². The Labute approximate surface area is 128 Å². The molecule has 3 aromatic rings. The fourth-order valence-electron chi connectivity index (χ4n) is 2.40. The maximum Gasteiger partial charge on any atom is 0.145 e. The van der Waals surface area contributed by atoms with Gasteiger partial charge in [0.15, 0.2) is 0 Å². The van der Waals surface area contributed by atoms with Gasteiger partial charge in [-0.3, -0.25) is 0 Å². The molecule has 108 valence electrons. The predicted octanol–water partition coefficient (Wildman–Crippen LogP) is 3.53. The summed E-state index contributed by atoms with van der Waals surface area (Å²) in [7, 11) is 2.03. The molecule has 0 saturated heterocycles. The minimum absolute atomic E-state index is 0.560. The zero-order valence-corrected chi connectivity index (χ0v) is 13.2. The molecule has 2 heterocycles. The molecule has 0 unspecified atom stereocenters. The van der Waals surface area contributed by atoms with Crippen molar-refractivity contribution in [1.82, 2.24) is 9.97 Å². The zero-order valence-electron chi connectivity index (χ0n) is 12.4. The minimum Gasteiger partial charge on any atom is -0.329 e. The van der Waals surface area contributed by atoms with Gasteiger partial charge < -0.3 is 10.6 Å². The number of nitrogens with zero attached hydrogens (tertiary/aromatic N) is 3. The van der Waals surface area contributed by atoms with Crippen LogP contribution in [-0.4, -0.2) is 17.0 Å². The first-order valence-electron chi connectivity index (χ1n) is 6.85. The number of hydrogen-bond donors (Lipinski definition) is 1. The van der Waals surface area contributed by atoms with Gasteiger partial charge >= 0.3 is 0 Å². The number of benzene rings is 1. The van der Waals surface area contributed by atoms with Gasteiger partial charge in [-0.15, -0.1) is 11.3 Å². The van der Waals surface area contributed by atoms with Crippen LogP contribution >= 0.6 is 11.3 Å². The lowest BCUT2D eigenvalue weighted by molar-refractivity contribution is 1.06. The van der Waals surface area contributed by atoms with E-state index in [0.29, 0.717) is 6.54 Å². The Balaban J connectivity index is 2.10. The second-order valence-electron chi connectivity index (χ2n) is 5.09. The number of thiophene rings is 1. The second kappa shape index (κ2) is 5.42. The lowest BCUT2D eigenvalue weighted by atomic mass is 10.1. The number of anilines is 2. The highest BCUT2D eigenvalue weighted by Gasteiger charge is 2.15. The maximum absolute atomic E-state index is 5.65. The molecule has 0 aliphatic heterocycles. The predicted molar refractivity (Wildman–Crippen MR) is 89.3 cm³/mol. The summed E-state index contributed by atoms with van der Waals surface area (Å²) in [5, 5.41) is 1.14. The largest absolute Gasteiger partial charge is 0.329 e. The first kappa shape index (κ1) is 14.0. The van der Waals surface area contributed by atoms with Gasteiger partial charge in [-0.25, -0.2) is 9.97 Å². The molecule has 0 radical (unpaired) electrons. The molecule has 0 spiro atoms. The van der Waals surface area contributed by atoms with Gasteiger partial charge in [0.25, 0.3) is 0 Å². The summed E-state index contributed by atoms with van der Waals surface area (Å²) in [4.78, 5) is 13.3. The Morgan fingerprint density at radius 3 is 2.52 bits per heavy atom. The van der Waals surface area contributed by atoms with Crippen LogP contribution in [0.2, 0.25) is 0 Å². The van der Waals surface area contributed by atoms with Crippen LogP contribution in [0.3, 0.4) is 0 Å². The van der Waals surface area contributed by atoms with Crippen molar-refractivity contribution in [3.8, 4) is 0 Å². The molecule has 0 fully saturated rings. The van der Waals surface area contributed by atoms with Gasteiger partial charge in [-0.05, 0) is 37.1 Å². The quantitative estimate of drug-likeness (QED) is 0.803. The van der Waals surface area contributed by atoms with Crippen LogP contribution in [0, 0.1) is 13.8 Å². The van der Waals surface area contributed by atoms with E-state index >= 15 is 0 Å². The van der Waals surface area contributed by atoms with Crippen LogP contribution in [-0.2, 0) is 6.54 Å². The van der Waals surface area contributed by atoms with Gasteiger partial charge in [0, 0.05) is 24.2 Å². The van der Waals surface area contributed by atoms with E-state index in [0.717, 1.165) is 27.3 Å². The summed E-state index contributed by atoms with van der Waals surface area (Å²) in [6.07, 6.45) is 1.64. The third kappa shape index (κ3) is 2.39. The molecular formula is C16H18N4S. The van der Waals surface area contributed by atoms with Crippen molar-refractivity contribution in [2.24, 2.45) is 5.73 Å². The van der Waals surface area contributed by atoms with Crippen LogP contribution < -0.4 is 10.6 Å². The first-order chi connectivity index (χ1) is 10.1. The molecule has 2 aromatic heterocycles. The Kier molecular flexibility index (Phi) is 3.61. The smallest absolute Gasteiger partial charge is 0.145 e. The third-order valence-corrected chi connectivity index (χ3v) is 4.94. The standard InChI is InChI=1S/C16H18N4S/c1-10-11(2)21-16-14(10)15(18-9-19-16)20(3)13-6-4-12(8-17)5-7-13/h4-7,9H,8,17H2,1-3H3. The number of fused-ring (bicyclic) bond motifs is 1. The Morgan fingerprint density at radius 1 is 1.14 bits per heavy atom. The number of hydrogen-bond acceptors (Lipinski definition) is 5. The van der Waals surface area contributed by atoms with Crippen LogP contribution in [0.5, 0.6) is 0 Å². The van der Waals surface area contributed by atoms with Crippen LogP contribution in [0.15, 0.2) is 30.6 Å².